The maximum atomic E-state index is 12.8. The van der Waals surface area contributed by atoms with E-state index in [-0.39, 0.29) is 11.8 Å². The Morgan fingerprint density at radius 2 is 1.67 bits per heavy atom. The molecule has 0 saturated carbocycles. The molecule has 0 heterocycles. The minimum absolute atomic E-state index is 0.116. The van der Waals surface area contributed by atoms with Crippen molar-refractivity contribution in [1.82, 2.24) is 5.32 Å². The van der Waals surface area contributed by atoms with E-state index in [0.29, 0.717) is 12.8 Å². The van der Waals surface area contributed by atoms with Gasteiger partial charge in [0.2, 0.25) is 12.2 Å². The zero-order valence-corrected chi connectivity index (χ0v) is 14.1. The summed E-state index contributed by atoms with van der Waals surface area (Å²) >= 11 is 0. The summed E-state index contributed by atoms with van der Waals surface area (Å²) in [4.78, 5) is 23.9. The summed E-state index contributed by atoms with van der Waals surface area (Å²) in [6.07, 6.45) is 5.08. The van der Waals surface area contributed by atoms with E-state index in [1.807, 2.05) is 66.9 Å². The van der Waals surface area contributed by atoms with Gasteiger partial charge in [-0.15, -0.1) is 0 Å². The average molecular weight is 322 g/mol. The number of hydrogen-bond acceptors (Lipinski definition) is 2. The molecule has 2 aromatic rings. The summed E-state index contributed by atoms with van der Waals surface area (Å²) in [6.45, 7) is 2.06. The zero-order chi connectivity index (χ0) is 17.2. The molecule has 3 heteroatoms. The van der Waals surface area contributed by atoms with Gasteiger partial charge in [0.25, 0.3) is 0 Å². The van der Waals surface area contributed by atoms with Gasteiger partial charge in [0.1, 0.15) is 0 Å². The Kier molecular flexibility index (Phi) is 7.21. The molecule has 1 N–H and O–H groups in total. The quantitative estimate of drug-likeness (QED) is 0.763. The number of rotatable bonds is 9. The standard InChI is InChI=1S/C21H24NO2/c1-2-3-14-19(16-23)22-21(24)20(18-12-8-5-9-13-18)15-17-10-6-4-7-11-17/h4-13,19-20H,2-3,14-15H2,1H3,(H,22,24)/t19-,20?/m0/s1. The number of carbonyl (C=O) groups excluding carboxylic acids is 2. The van der Waals surface area contributed by atoms with Gasteiger partial charge >= 0.3 is 0 Å². The van der Waals surface area contributed by atoms with Crippen molar-refractivity contribution in [3.8, 4) is 0 Å². The van der Waals surface area contributed by atoms with E-state index in [9.17, 15) is 9.59 Å². The summed E-state index contributed by atoms with van der Waals surface area (Å²) in [5.41, 5.74) is 2.06. The lowest BCUT2D eigenvalue weighted by atomic mass is 9.91. The summed E-state index contributed by atoms with van der Waals surface area (Å²) in [5.74, 6) is -0.430. The van der Waals surface area contributed by atoms with E-state index in [2.05, 4.69) is 12.2 Å². The van der Waals surface area contributed by atoms with Crippen LogP contribution in [0.5, 0.6) is 0 Å². The molecular formula is C21H24NO2. The molecule has 1 unspecified atom stereocenters. The smallest absolute Gasteiger partial charge is 0.228 e. The fourth-order valence-corrected chi connectivity index (χ4v) is 2.74. The predicted molar refractivity (Wildman–Crippen MR) is 96.5 cm³/mol. The molecule has 1 amide bonds. The SMILES string of the molecule is CCCC[C@@H]([C]=O)NC(=O)C(Cc1ccccc1)c1ccccc1. The summed E-state index contributed by atoms with van der Waals surface area (Å²) in [6, 6.07) is 19.1. The summed E-state index contributed by atoms with van der Waals surface area (Å²) < 4.78 is 0. The summed E-state index contributed by atoms with van der Waals surface area (Å²) in [7, 11) is 0. The van der Waals surface area contributed by atoms with E-state index < -0.39 is 6.04 Å². The minimum atomic E-state index is -0.528. The molecule has 125 valence electrons. The molecule has 0 saturated heterocycles. The number of unbranched alkanes of at least 4 members (excludes halogenated alkanes) is 1. The maximum absolute atomic E-state index is 12.8. The van der Waals surface area contributed by atoms with Crippen molar-refractivity contribution in [2.24, 2.45) is 0 Å². The molecule has 0 aliphatic heterocycles. The van der Waals surface area contributed by atoms with E-state index in [4.69, 9.17) is 0 Å². The third kappa shape index (κ3) is 5.34. The van der Waals surface area contributed by atoms with Gasteiger partial charge < -0.3 is 5.32 Å². The van der Waals surface area contributed by atoms with Crippen LogP contribution in [0.25, 0.3) is 0 Å². The Morgan fingerprint density at radius 1 is 1.04 bits per heavy atom. The molecular weight excluding hydrogens is 298 g/mol. The van der Waals surface area contributed by atoms with Crippen molar-refractivity contribution in [3.05, 3.63) is 71.8 Å². The lowest BCUT2D eigenvalue weighted by Crippen LogP contribution is -2.39. The zero-order valence-electron chi connectivity index (χ0n) is 14.1. The lowest BCUT2D eigenvalue weighted by Gasteiger charge is -2.20. The van der Waals surface area contributed by atoms with Crippen LogP contribution in [0.3, 0.4) is 0 Å². The van der Waals surface area contributed by atoms with Gasteiger partial charge in [0, 0.05) is 0 Å². The molecule has 0 aliphatic carbocycles. The fourth-order valence-electron chi connectivity index (χ4n) is 2.74. The molecule has 1 radical (unpaired) electrons. The Labute approximate surface area is 144 Å². The molecule has 2 atom stereocenters. The van der Waals surface area contributed by atoms with Crippen molar-refractivity contribution in [2.75, 3.05) is 0 Å². The van der Waals surface area contributed by atoms with Crippen LogP contribution in [-0.2, 0) is 16.0 Å². The van der Waals surface area contributed by atoms with Crippen LogP contribution in [0.1, 0.15) is 43.2 Å². The van der Waals surface area contributed by atoms with E-state index in [1.54, 1.807) is 0 Å². The Hall–Kier alpha value is -2.42. The molecule has 0 bridgehead atoms. The van der Waals surface area contributed by atoms with Crippen molar-refractivity contribution in [1.29, 1.82) is 0 Å². The first kappa shape index (κ1) is 17.9. The lowest BCUT2D eigenvalue weighted by molar-refractivity contribution is -0.122. The highest BCUT2D eigenvalue weighted by atomic mass is 16.2. The van der Waals surface area contributed by atoms with Gasteiger partial charge in [-0.05, 0) is 24.0 Å². The largest absolute Gasteiger partial charge is 0.345 e. The van der Waals surface area contributed by atoms with Crippen molar-refractivity contribution < 1.29 is 9.59 Å². The second-order valence-electron chi connectivity index (χ2n) is 5.97. The van der Waals surface area contributed by atoms with Crippen LogP contribution in [0, 0.1) is 0 Å². The van der Waals surface area contributed by atoms with Gasteiger partial charge in [0.15, 0.2) is 0 Å². The van der Waals surface area contributed by atoms with Crippen LogP contribution in [0.15, 0.2) is 60.7 Å². The first-order chi connectivity index (χ1) is 11.7. The number of amides is 1. The monoisotopic (exact) mass is 322 g/mol. The second kappa shape index (κ2) is 9.66. The number of benzene rings is 2. The maximum Gasteiger partial charge on any atom is 0.228 e. The Bertz CT molecular complexity index is 625. The number of carbonyl (C=O) groups is 1. The highest BCUT2D eigenvalue weighted by Gasteiger charge is 2.23. The highest BCUT2D eigenvalue weighted by molar-refractivity contribution is 5.86. The molecule has 2 aromatic carbocycles. The predicted octanol–water partition coefficient (Wildman–Crippen LogP) is 3.80. The van der Waals surface area contributed by atoms with Crippen molar-refractivity contribution in [2.45, 2.75) is 44.6 Å². The van der Waals surface area contributed by atoms with E-state index in [1.165, 1.54) is 0 Å². The van der Waals surface area contributed by atoms with Gasteiger partial charge in [-0.3, -0.25) is 9.59 Å². The second-order valence-corrected chi connectivity index (χ2v) is 5.97. The number of hydrogen-bond donors (Lipinski definition) is 1. The highest BCUT2D eigenvalue weighted by Crippen LogP contribution is 2.21. The fraction of sp³-hybridized carbons (Fsp3) is 0.333. The molecule has 24 heavy (non-hydrogen) atoms. The topological polar surface area (TPSA) is 46.2 Å². The summed E-state index contributed by atoms with van der Waals surface area (Å²) in [5, 5.41) is 2.86. The van der Waals surface area contributed by atoms with Crippen molar-refractivity contribution in [3.63, 3.8) is 0 Å². The minimum Gasteiger partial charge on any atom is -0.345 e. The number of nitrogens with one attached hydrogen (secondary N) is 1. The molecule has 0 spiro atoms. The third-order valence-corrected chi connectivity index (χ3v) is 4.11. The molecule has 3 nitrogen and oxygen atoms in total. The molecule has 0 aliphatic rings. The molecule has 0 fully saturated rings. The first-order valence-corrected chi connectivity index (χ1v) is 8.51. The van der Waals surface area contributed by atoms with Crippen LogP contribution in [0.2, 0.25) is 0 Å². The molecule has 0 aromatic heterocycles. The first-order valence-electron chi connectivity index (χ1n) is 8.51. The Morgan fingerprint density at radius 3 is 2.25 bits per heavy atom. The Balaban J connectivity index is 2.15. The van der Waals surface area contributed by atoms with Crippen LogP contribution in [-0.4, -0.2) is 18.2 Å². The van der Waals surface area contributed by atoms with Crippen molar-refractivity contribution >= 4 is 12.2 Å². The third-order valence-electron chi connectivity index (χ3n) is 4.11. The van der Waals surface area contributed by atoms with Gasteiger partial charge in [-0.2, -0.15) is 0 Å². The van der Waals surface area contributed by atoms with Gasteiger partial charge in [0.05, 0.1) is 12.0 Å². The van der Waals surface area contributed by atoms with Crippen LogP contribution < -0.4 is 5.32 Å². The van der Waals surface area contributed by atoms with E-state index in [0.717, 1.165) is 24.0 Å². The molecule has 2 rings (SSSR count). The average Bonchev–Trinajstić information content (AvgIpc) is 2.64. The van der Waals surface area contributed by atoms with Gasteiger partial charge in [-0.1, -0.05) is 80.4 Å². The normalized spacial score (nSPS) is 13.0. The van der Waals surface area contributed by atoms with Crippen LogP contribution >= 0.6 is 0 Å². The van der Waals surface area contributed by atoms with Crippen LogP contribution in [0.4, 0.5) is 0 Å². The van der Waals surface area contributed by atoms with E-state index >= 15 is 0 Å². The van der Waals surface area contributed by atoms with Gasteiger partial charge in [-0.25, -0.2) is 0 Å².